The number of rotatable bonds is 10. The van der Waals surface area contributed by atoms with Crippen molar-refractivity contribution in [3.63, 3.8) is 0 Å². The van der Waals surface area contributed by atoms with Gasteiger partial charge in [-0.05, 0) is 27.2 Å². The van der Waals surface area contributed by atoms with Crippen molar-refractivity contribution in [1.29, 1.82) is 0 Å². The molecule has 0 amide bonds. The monoisotopic (exact) mass is 296 g/mol. The molecule has 0 saturated carbocycles. The molecule has 0 heterocycles. The zero-order valence-corrected chi connectivity index (χ0v) is 12.5. The fraction of sp³-hybridized carbons (Fsp3) is 1.00. The van der Waals surface area contributed by atoms with Gasteiger partial charge in [0.05, 0.1) is 10.9 Å². The van der Waals surface area contributed by atoms with Crippen molar-refractivity contribution >= 4 is 15.9 Å². The summed E-state index contributed by atoms with van der Waals surface area (Å²) >= 11 is 3.59. The Bertz CT molecular complexity index is 155. The largest absolute Gasteiger partial charge is 0.377 e. The van der Waals surface area contributed by atoms with Gasteiger partial charge in [-0.25, -0.2) is 0 Å². The van der Waals surface area contributed by atoms with Crippen LogP contribution in [0.15, 0.2) is 0 Å². The average Bonchev–Trinajstić information content (AvgIpc) is 2.27. The highest BCUT2D eigenvalue weighted by Crippen LogP contribution is 2.18. The number of hydrogen-bond acceptors (Lipinski definition) is 3. The van der Waals surface area contributed by atoms with E-state index in [-0.39, 0.29) is 17.2 Å². The van der Waals surface area contributed by atoms with Gasteiger partial charge in [0.25, 0.3) is 0 Å². The Labute approximate surface area is 108 Å². The van der Waals surface area contributed by atoms with Gasteiger partial charge in [0.15, 0.2) is 6.29 Å². The first-order valence-electron chi connectivity index (χ1n) is 6.16. The first kappa shape index (κ1) is 16.4. The molecular weight excluding hydrogens is 272 g/mol. The van der Waals surface area contributed by atoms with Gasteiger partial charge >= 0.3 is 0 Å². The maximum Gasteiger partial charge on any atom is 0.172 e. The van der Waals surface area contributed by atoms with E-state index in [0.717, 1.165) is 19.4 Å². The number of alkyl halides is 1. The highest BCUT2D eigenvalue weighted by atomic mass is 79.9. The summed E-state index contributed by atoms with van der Waals surface area (Å²) in [5.41, 5.74) is 0. The number of ether oxygens (including phenoxy) is 3. The zero-order valence-electron chi connectivity index (χ0n) is 10.9. The molecule has 0 aliphatic rings. The Hall–Kier alpha value is 0.360. The molecule has 0 bridgehead atoms. The molecule has 3 atom stereocenters. The molecule has 0 aliphatic carbocycles. The maximum atomic E-state index is 5.70. The average molecular weight is 297 g/mol. The Morgan fingerprint density at radius 1 is 1.00 bits per heavy atom. The second-order valence-electron chi connectivity index (χ2n) is 3.65. The summed E-state index contributed by atoms with van der Waals surface area (Å²) in [6.07, 6.45) is 2.06. The highest BCUT2D eigenvalue weighted by molar-refractivity contribution is 9.09. The lowest BCUT2D eigenvalue weighted by Crippen LogP contribution is -2.36. The van der Waals surface area contributed by atoms with E-state index >= 15 is 0 Å². The second-order valence-corrected chi connectivity index (χ2v) is 4.71. The van der Waals surface area contributed by atoms with E-state index in [1.54, 1.807) is 0 Å². The van der Waals surface area contributed by atoms with E-state index in [9.17, 15) is 0 Å². The smallest absolute Gasteiger partial charge is 0.172 e. The summed E-state index contributed by atoms with van der Waals surface area (Å²) in [6, 6.07) is 0. The van der Waals surface area contributed by atoms with Gasteiger partial charge < -0.3 is 14.2 Å². The lowest BCUT2D eigenvalue weighted by molar-refractivity contribution is -0.152. The molecule has 3 unspecified atom stereocenters. The lowest BCUT2D eigenvalue weighted by atomic mass is 10.2. The summed E-state index contributed by atoms with van der Waals surface area (Å²) in [5, 5.41) is 0. The molecule has 0 saturated heterocycles. The second kappa shape index (κ2) is 10.5. The van der Waals surface area contributed by atoms with E-state index in [1.807, 2.05) is 20.8 Å². The molecule has 0 N–H and O–H groups in total. The van der Waals surface area contributed by atoms with Crippen LogP contribution in [0.5, 0.6) is 0 Å². The summed E-state index contributed by atoms with van der Waals surface area (Å²) in [6.45, 7) is 10.2. The van der Waals surface area contributed by atoms with Crippen LogP contribution in [-0.2, 0) is 14.2 Å². The summed E-state index contributed by atoms with van der Waals surface area (Å²) in [5.74, 6) is 0. The molecule has 0 spiro atoms. The predicted molar refractivity (Wildman–Crippen MR) is 70.1 cm³/mol. The molecule has 0 aromatic heterocycles. The van der Waals surface area contributed by atoms with Crippen molar-refractivity contribution in [3.8, 4) is 0 Å². The Morgan fingerprint density at radius 3 is 2.12 bits per heavy atom. The third-order valence-electron chi connectivity index (χ3n) is 2.25. The van der Waals surface area contributed by atoms with E-state index in [4.69, 9.17) is 14.2 Å². The van der Waals surface area contributed by atoms with Gasteiger partial charge in [0, 0.05) is 19.8 Å². The standard InChI is InChI=1S/C12H25BrO3/c1-5-8-9-16-12(15-7-3)11(13)10(4)14-6-2/h10-12H,5-9H2,1-4H3. The fourth-order valence-corrected chi connectivity index (χ4v) is 1.77. The van der Waals surface area contributed by atoms with Crippen molar-refractivity contribution in [2.75, 3.05) is 19.8 Å². The fourth-order valence-electron chi connectivity index (χ4n) is 1.32. The van der Waals surface area contributed by atoms with Gasteiger partial charge in [-0.3, -0.25) is 0 Å². The predicted octanol–water partition coefficient (Wildman–Crippen LogP) is 3.35. The molecule has 0 aliphatic heterocycles. The van der Waals surface area contributed by atoms with Gasteiger partial charge in [0.2, 0.25) is 0 Å². The molecule has 0 fully saturated rings. The minimum atomic E-state index is -0.224. The molecule has 0 aromatic carbocycles. The van der Waals surface area contributed by atoms with Crippen molar-refractivity contribution in [2.24, 2.45) is 0 Å². The van der Waals surface area contributed by atoms with Crippen LogP contribution in [0.1, 0.15) is 40.5 Å². The van der Waals surface area contributed by atoms with Gasteiger partial charge in [-0.1, -0.05) is 29.3 Å². The molecule has 0 aromatic rings. The normalized spacial score (nSPS) is 17.1. The first-order chi connectivity index (χ1) is 7.67. The molecular formula is C12H25BrO3. The lowest BCUT2D eigenvalue weighted by Gasteiger charge is -2.27. The number of hydrogen-bond donors (Lipinski definition) is 0. The maximum absolute atomic E-state index is 5.70. The van der Waals surface area contributed by atoms with Crippen molar-refractivity contribution in [2.45, 2.75) is 57.8 Å². The van der Waals surface area contributed by atoms with Gasteiger partial charge in [0.1, 0.15) is 0 Å². The number of halogens is 1. The van der Waals surface area contributed by atoms with Crippen molar-refractivity contribution < 1.29 is 14.2 Å². The van der Waals surface area contributed by atoms with E-state index in [0.29, 0.717) is 13.2 Å². The molecule has 0 radical (unpaired) electrons. The minimum Gasteiger partial charge on any atom is -0.377 e. The zero-order chi connectivity index (χ0) is 12.4. The third kappa shape index (κ3) is 6.84. The van der Waals surface area contributed by atoms with Crippen LogP contribution in [-0.4, -0.2) is 37.0 Å². The van der Waals surface area contributed by atoms with Crippen LogP contribution in [0.25, 0.3) is 0 Å². The summed E-state index contributed by atoms with van der Waals surface area (Å²) in [4.78, 5) is 0.0734. The van der Waals surface area contributed by atoms with E-state index in [2.05, 4.69) is 22.9 Å². The quantitative estimate of drug-likeness (QED) is 0.351. The van der Waals surface area contributed by atoms with Crippen LogP contribution < -0.4 is 0 Å². The molecule has 16 heavy (non-hydrogen) atoms. The Morgan fingerprint density at radius 2 is 1.62 bits per heavy atom. The first-order valence-corrected chi connectivity index (χ1v) is 7.07. The Balaban J connectivity index is 4.05. The van der Waals surface area contributed by atoms with E-state index in [1.165, 1.54) is 0 Å². The topological polar surface area (TPSA) is 27.7 Å². The minimum absolute atomic E-state index is 0.0734. The summed E-state index contributed by atoms with van der Waals surface area (Å²) < 4.78 is 16.8. The van der Waals surface area contributed by atoms with Crippen molar-refractivity contribution in [3.05, 3.63) is 0 Å². The van der Waals surface area contributed by atoms with Gasteiger partial charge in [-0.15, -0.1) is 0 Å². The van der Waals surface area contributed by atoms with Crippen LogP contribution in [0, 0.1) is 0 Å². The molecule has 4 heteroatoms. The Kier molecular flexibility index (Phi) is 10.7. The molecule has 3 nitrogen and oxygen atoms in total. The molecule has 98 valence electrons. The number of unbranched alkanes of at least 4 members (excludes halogenated alkanes) is 1. The third-order valence-corrected chi connectivity index (χ3v) is 3.43. The van der Waals surface area contributed by atoms with Crippen LogP contribution >= 0.6 is 15.9 Å². The van der Waals surface area contributed by atoms with Crippen LogP contribution in [0.4, 0.5) is 0 Å². The van der Waals surface area contributed by atoms with Crippen LogP contribution in [0.2, 0.25) is 0 Å². The molecule has 0 rings (SSSR count). The van der Waals surface area contributed by atoms with Gasteiger partial charge in [-0.2, -0.15) is 0 Å². The SMILES string of the molecule is CCCCOC(OCC)C(Br)C(C)OCC. The van der Waals surface area contributed by atoms with Crippen LogP contribution in [0.3, 0.4) is 0 Å². The van der Waals surface area contributed by atoms with Crippen molar-refractivity contribution in [1.82, 2.24) is 0 Å². The van der Waals surface area contributed by atoms with E-state index < -0.39 is 0 Å². The summed E-state index contributed by atoms with van der Waals surface area (Å²) in [7, 11) is 0. The highest BCUT2D eigenvalue weighted by Gasteiger charge is 2.25.